The van der Waals surface area contributed by atoms with Gasteiger partial charge in [0.1, 0.15) is 5.82 Å². The normalized spacial score (nSPS) is 25.8. The molecule has 18 heavy (non-hydrogen) atoms. The highest BCUT2D eigenvalue weighted by atomic mass is 79.9. The van der Waals surface area contributed by atoms with Gasteiger partial charge in [0.25, 0.3) is 0 Å². The minimum Gasteiger partial charge on any atom is -0.229 e. The van der Waals surface area contributed by atoms with Crippen molar-refractivity contribution in [2.45, 2.75) is 12.8 Å². The molecule has 0 N–H and O–H groups in total. The van der Waals surface area contributed by atoms with Crippen LogP contribution in [0.15, 0.2) is 22.7 Å². The molecule has 0 spiro atoms. The highest BCUT2D eigenvalue weighted by Gasteiger charge is 2.42. The zero-order chi connectivity index (χ0) is 13.4. The molecule has 6 heteroatoms. The van der Waals surface area contributed by atoms with Crippen molar-refractivity contribution >= 4 is 25.8 Å². The molecule has 1 fully saturated rings. The third kappa shape index (κ3) is 2.90. The molecule has 1 atom stereocenters. The van der Waals surface area contributed by atoms with Gasteiger partial charge < -0.3 is 0 Å². The van der Waals surface area contributed by atoms with E-state index in [1.165, 1.54) is 12.1 Å². The van der Waals surface area contributed by atoms with Gasteiger partial charge in [-0.05, 0) is 36.6 Å². The zero-order valence-electron chi connectivity index (χ0n) is 9.49. The quantitative estimate of drug-likeness (QED) is 0.836. The van der Waals surface area contributed by atoms with Crippen molar-refractivity contribution in [1.29, 1.82) is 5.26 Å². The second-order valence-corrected chi connectivity index (χ2v) is 7.79. The van der Waals surface area contributed by atoms with Crippen molar-refractivity contribution < 1.29 is 12.8 Å². The molecule has 2 rings (SSSR count). The first-order chi connectivity index (χ1) is 8.34. The van der Waals surface area contributed by atoms with Crippen molar-refractivity contribution in [3.05, 3.63) is 34.1 Å². The molecular weight excluding hydrogens is 321 g/mol. The Hall–Kier alpha value is -0.930. The number of nitriles is 1. The Morgan fingerprint density at radius 2 is 2.17 bits per heavy atom. The SMILES string of the molecule is N#CC1(Cc2cc(F)cc(Br)c2)CCS(=O)(=O)C1. The lowest BCUT2D eigenvalue weighted by Gasteiger charge is -2.18. The summed E-state index contributed by atoms with van der Waals surface area (Å²) in [4.78, 5) is 0. The van der Waals surface area contributed by atoms with Crippen LogP contribution in [0.4, 0.5) is 4.39 Å². The molecule has 0 saturated carbocycles. The van der Waals surface area contributed by atoms with Crippen LogP contribution in [0.5, 0.6) is 0 Å². The molecule has 1 aromatic rings. The van der Waals surface area contributed by atoms with Crippen LogP contribution in [0, 0.1) is 22.6 Å². The van der Waals surface area contributed by atoms with Gasteiger partial charge in [-0.1, -0.05) is 15.9 Å². The zero-order valence-corrected chi connectivity index (χ0v) is 11.9. The molecule has 0 aromatic heterocycles. The average Bonchev–Trinajstić information content (AvgIpc) is 2.53. The van der Waals surface area contributed by atoms with Gasteiger partial charge in [-0.15, -0.1) is 0 Å². The summed E-state index contributed by atoms with van der Waals surface area (Å²) in [6.07, 6.45) is 0.582. The summed E-state index contributed by atoms with van der Waals surface area (Å²) in [6, 6.07) is 6.49. The van der Waals surface area contributed by atoms with Crippen molar-refractivity contribution in [2.24, 2.45) is 5.41 Å². The number of sulfone groups is 1. The summed E-state index contributed by atoms with van der Waals surface area (Å²) >= 11 is 3.18. The number of halogens is 2. The van der Waals surface area contributed by atoms with E-state index in [4.69, 9.17) is 0 Å². The first-order valence-corrected chi connectivity index (χ1v) is 8.02. The van der Waals surface area contributed by atoms with E-state index < -0.39 is 21.1 Å². The lowest BCUT2D eigenvalue weighted by molar-refractivity contribution is 0.450. The van der Waals surface area contributed by atoms with Crippen LogP contribution < -0.4 is 0 Å². The standard InChI is InChI=1S/C12H11BrFNO2S/c13-10-3-9(4-11(14)5-10)6-12(7-15)1-2-18(16,17)8-12/h3-5H,1-2,6,8H2. The number of hydrogen-bond acceptors (Lipinski definition) is 3. The Morgan fingerprint density at radius 3 is 2.67 bits per heavy atom. The van der Waals surface area contributed by atoms with Crippen LogP contribution in [0.2, 0.25) is 0 Å². The van der Waals surface area contributed by atoms with Gasteiger partial charge in [0.05, 0.1) is 23.0 Å². The predicted molar refractivity (Wildman–Crippen MR) is 69.1 cm³/mol. The number of rotatable bonds is 2. The summed E-state index contributed by atoms with van der Waals surface area (Å²) < 4.78 is 36.8. The minimum atomic E-state index is -3.13. The Kier molecular flexibility index (Phi) is 3.47. The molecule has 1 heterocycles. The van der Waals surface area contributed by atoms with Crippen LogP contribution >= 0.6 is 15.9 Å². The maximum absolute atomic E-state index is 13.3. The average molecular weight is 332 g/mol. The topological polar surface area (TPSA) is 57.9 Å². The van der Waals surface area contributed by atoms with E-state index in [9.17, 15) is 18.1 Å². The van der Waals surface area contributed by atoms with Crippen molar-refractivity contribution in [3.8, 4) is 6.07 Å². The summed E-state index contributed by atoms with van der Waals surface area (Å²) in [5.41, 5.74) is -0.271. The fourth-order valence-corrected chi connectivity index (χ4v) is 4.80. The Morgan fingerprint density at radius 1 is 1.44 bits per heavy atom. The Balaban J connectivity index is 2.30. The second-order valence-electron chi connectivity index (χ2n) is 4.69. The highest BCUT2D eigenvalue weighted by Crippen LogP contribution is 2.35. The third-order valence-electron chi connectivity index (χ3n) is 3.09. The van der Waals surface area contributed by atoms with Crippen LogP contribution in [-0.2, 0) is 16.3 Å². The molecular formula is C12H11BrFNO2S. The molecule has 0 aliphatic carbocycles. The fourth-order valence-electron chi connectivity index (χ4n) is 2.29. The summed E-state index contributed by atoms with van der Waals surface area (Å²) in [5.74, 6) is -0.491. The Labute approximate surface area is 114 Å². The van der Waals surface area contributed by atoms with E-state index in [1.54, 1.807) is 6.07 Å². The van der Waals surface area contributed by atoms with Gasteiger partial charge in [0.2, 0.25) is 0 Å². The van der Waals surface area contributed by atoms with Crippen molar-refractivity contribution in [3.63, 3.8) is 0 Å². The lowest BCUT2D eigenvalue weighted by Crippen LogP contribution is -2.23. The van der Waals surface area contributed by atoms with E-state index in [-0.39, 0.29) is 17.9 Å². The second kappa shape index (κ2) is 4.63. The van der Waals surface area contributed by atoms with Gasteiger partial charge in [-0.2, -0.15) is 5.26 Å². The van der Waals surface area contributed by atoms with Crippen LogP contribution in [0.3, 0.4) is 0 Å². The number of benzene rings is 1. The van der Waals surface area contributed by atoms with Gasteiger partial charge in [-0.3, -0.25) is 0 Å². The molecule has 0 amide bonds. The van der Waals surface area contributed by atoms with Crippen LogP contribution in [0.1, 0.15) is 12.0 Å². The third-order valence-corrected chi connectivity index (χ3v) is 5.37. The summed E-state index contributed by atoms with van der Waals surface area (Å²) in [7, 11) is -3.13. The van der Waals surface area contributed by atoms with Crippen LogP contribution in [-0.4, -0.2) is 19.9 Å². The first kappa shape index (κ1) is 13.5. The van der Waals surface area contributed by atoms with E-state index in [2.05, 4.69) is 22.0 Å². The molecule has 1 aliphatic heterocycles. The summed E-state index contributed by atoms with van der Waals surface area (Å²) in [5, 5.41) is 9.23. The number of hydrogen-bond donors (Lipinski definition) is 0. The highest BCUT2D eigenvalue weighted by molar-refractivity contribution is 9.10. The lowest BCUT2D eigenvalue weighted by atomic mass is 9.83. The van der Waals surface area contributed by atoms with Crippen LogP contribution in [0.25, 0.3) is 0 Å². The molecule has 96 valence electrons. The molecule has 0 bridgehead atoms. The van der Waals surface area contributed by atoms with E-state index in [0.29, 0.717) is 16.5 Å². The largest absolute Gasteiger partial charge is 0.229 e. The number of nitrogens with zero attached hydrogens (tertiary/aromatic N) is 1. The van der Waals surface area contributed by atoms with Gasteiger partial charge in [0.15, 0.2) is 9.84 Å². The monoisotopic (exact) mass is 331 g/mol. The van der Waals surface area contributed by atoms with Gasteiger partial charge >= 0.3 is 0 Å². The molecule has 1 saturated heterocycles. The predicted octanol–water partition coefficient (Wildman–Crippen LogP) is 2.46. The maximum atomic E-state index is 13.3. The van der Waals surface area contributed by atoms with Crippen molar-refractivity contribution in [2.75, 3.05) is 11.5 Å². The van der Waals surface area contributed by atoms with E-state index >= 15 is 0 Å². The molecule has 0 radical (unpaired) electrons. The smallest absolute Gasteiger partial charge is 0.151 e. The fraction of sp³-hybridized carbons (Fsp3) is 0.417. The maximum Gasteiger partial charge on any atom is 0.151 e. The van der Waals surface area contributed by atoms with E-state index in [0.717, 1.165) is 0 Å². The molecule has 1 aromatic carbocycles. The molecule has 3 nitrogen and oxygen atoms in total. The molecule has 1 aliphatic rings. The molecule has 1 unspecified atom stereocenters. The minimum absolute atomic E-state index is 0.0387. The van der Waals surface area contributed by atoms with Crippen molar-refractivity contribution in [1.82, 2.24) is 0 Å². The first-order valence-electron chi connectivity index (χ1n) is 5.41. The van der Waals surface area contributed by atoms with Gasteiger partial charge in [-0.25, -0.2) is 12.8 Å². The van der Waals surface area contributed by atoms with Gasteiger partial charge in [0, 0.05) is 4.47 Å². The Bertz CT molecular complexity index is 603. The van der Waals surface area contributed by atoms with E-state index in [1.807, 2.05) is 0 Å². The summed E-state index contributed by atoms with van der Waals surface area (Å²) in [6.45, 7) is 0.